The predicted octanol–water partition coefficient (Wildman–Crippen LogP) is 4.45. The third-order valence-corrected chi connectivity index (χ3v) is 5.09. The molecule has 1 aromatic carbocycles. The molecule has 2 unspecified atom stereocenters. The van der Waals surface area contributed by atoms with E-state index in [0.29, 0.717) is 12.0 Å². The van der Waals surface area contributed by atoms with Crippen molar-refractivity contribution in [3.8, 4) is 0 Å². The Bertz CT molecular complexity index is 882. The summed E-state index contributed by atoms with van der Waals surface area (Å²) >= 11 is 0. The third kappa shape index (κ3) is 3.72. The molecule has 1 amide bonds. The predicted molar refractivity (Wildman–Crippen MR) is 94.9 cm³/mol. The van der Waals surface area contributed by atoms with Crippen LogP contribution in [0.1, 0.15) is 36.2 Å². The largest absolute Gasteiger partial charge is 0.451 e. The average molecular weight is 389 g/mol. The molecule has 146 valence electrons. The lowest BCUT2D eigenvalue weighted by Gasteiger charge is -2.33. The molecule has 28 heavy (non-hydrogen) atoms. The third-order valence-electron chi connectivity index (χ3n) is 5.09. The zero-order valence-corrected chi connectivity index (χ0v) is 14.9. The van der Waals surface area contributed by atoms with Crippen molar-refractivity contribution >= 4 is 11.7 Å². The Morgan fingerprint density at radius 2 is 1.86 bits per heavy atom. The lowest BCUT2D eigenvalue weighted by atomic mass is 9.97. The highest BCUT2D eigenvalue weighted by Gasteiger charge is 2.41. The number of amides is 1. The SMILES string of the molecule is O=C(OCc1ccccc1)N1C2C=C(c3cnc(C(F)(F)F)nc3)CC1CC2. The van der Waals surface area contributed by atoms with Crippen molar-refractivity contribution in [3.05, 3.63) is 65.8 Å². The minimum absolute atomic E-state index is 0.0319. The van der Waals surface area contributed by atoms with Gasteiger partial charge < -0.3 is 4.74 Å². The van der Waals surface area contributed by atoms with Crippen LogP contribution in [0.15, 0.2) is 48.8 Å². The van der Waals surface area contributed by atoms with E-state index in [1.807, 2.05) is 36.4 Å². The Balaban J connectivity index is 1.45. The maximum absolute atomic E-state index is 12.6. The van der Waals surface area contributed by atoms with Gasteiger partial charge in [-0.2, -0.15) is 13.2 Å². The van der Waals surface area contributed by atoms with Crippen LogP contribution in [0.5, 0.6) is 0 Å². The molecule has 8 heteroatoms. The summed E-state index contributed by atoms with van der Waals surface area (Å²) in [6.45, 7) is 0.207. The molecule has 2 bridgehead atoms. The van der Waals surface area contributed by atoms with Crippen molar-refractivity contribution in [2.45, 2.75) is 44.1 Å². The second-order valence-corrected chi connectivity index (χ2v) is 6.94. The number of benzene rings is 1. The van der Waals surface area contributed by atoms with Crippen LogP contribution in [0.2, 0.25) is 0 Å². The molecule has 4 rings (SSSR count). The van der Waals surface area contributed by atoms with Gasteiger partial charge in [0.2, 0.25) is 5.82 Å². The number of hydrogen-bond acceptors (Lipinski definition) is 4. The highest BCUT2D eigenvalue weighted by molar-refractivity contribution is 5.74. The summed E-state index contributed by atoms with van der Waals surface area (Å²) in [7, 11) is 0. The van der Waals surface area contributed by atoms with E-state index in [4.69, 9.17) is 4.74 Å². The van der Waals surface area contributed by atoms with E-state index >= 15 is 0 Å². The van der Waals surface area contributed by atoms with Gasteiger partial charge in [0.05, 0.1) is 6.04 Å². The Morgan fingerprint density at radius 3 is 2.50 bits per heavy atom. The quantitative estimate of drug-likeness (QED) is 0.778. The fourth-order valence-corrected chi connectivity index (χ4v) is 3.76. The molecule has 0 saturated carbocycles. The number of alkyl halides is 3. The number of ether oxygens (including phenoxy) is 1. The number of fused-ring (bicyclic) bond motifs is 2. The van der Waals surface area contributed by atoms with Gasteiger partial charge in [-0.3, -0.25) is 4.90 Å². The van der Waals surface area contributed by atoms with Gasteiger partial charge in [-0.15, -0.1) is 0 Å². The number of nitrogens with zero attached hydrogens (tertiary/aromatic N) is 3. The highest BCUT2D eigenvalue weighted by atomic mass is 19.4. The van der Waals surface area contributed by atoms with Gasteiger partial charge in [-0.25, -0.2) is 14.8 Å². The summed E-state index contributed by atoms with van der Waals surface area (Å²) in [4.78, 5) is 21.1. The van der Waals surface area contributed by atoms with Crippen LogP contribution in [0.25, 0.3) is 5.57 Å². The molecule has 2 aliphatic heterocycles. The van der Waals surface area contributed by atoms with Crippen LogP contribution < -0.4 is 0 Å². The van der Waals surface area contributed by atoms with E-state index in [1.165, 1.54) is 12.4 Å². The van der Waals surface area contributed by atoms with Crippen LogP contribution in [-0.2, 0) is 17.5 Å². The summed E-state index contributed by atoms with van der Waals surface area (Å²) in [6.07, 6.45) is 1.57. The van der Waals surface area contributed by atoms with Gasteiger partial charge in [0.25, 0.3) is 0 Å². The van der Waals surface area contributed by atoms with Crippen molar-refractivity contribution in [1.29, 1.82) is 0 Å². The van der Waals surface area contributed by atoms with Gasteiger partial charge in [0.15, 0.2) is 0 Å². The van der Waals surface area contributed by atoms with E-state index in [2.05, 4.69) is 9.97 Å². The van der Waals surface area contributed by atoms with Gasteiger partial charge >= 0.3 is 12.3 Å². The maximum Gasteiger partial charge on any atom is 0.451 e. The Hall–Kier alpha value is -2.90. The molecule has 0 N–H and O–H groups in total. The molecule has 3 heterocycles. The molecular weight excluding hydrogens is 371 g/mol. The maximum atomic E-state index is 12.6. The minimum atomic E-state index is -4.56. The molecule has 2 atom stereocenters. The van der Waals surface area contributed by atoms with Gasteiger partial charge in [0.1, 0.15) is 6.61 Å². The molecule has 1 fully saturated rings. The molecule has 0 radical (unpaired) electrons. The lowest BCUT2D eigenvalue weighted by Crippen LogP contribution is -2.43. The first-order valence-corrected chi connectivity index (χ1v) is 9.01. The summed E-state index contributed by atoms with van der Waals surface area (Å²) < 4.78 is 43.4. The van der Waals surface area contributed by atoms with Gasteiger partial charge in [-0.1, -0.05) is 36.4 Å². The van der Waals surface area contributed by atoms with E-state index in [9.17, 15) is 18.0 Å². The summed E-state index contributed by atoms with van der Waals surface area (Å²) in [6, 6.07) is 9.29. The molecular formula is C20H18F3N3O2. The van der Waals surface area contributed by atoms with Crippen molar-refractivity contribution in [2.75, 3.05) is 0 Å². The standard InChI is InChI=1S/C20H18F3N3O2/c21-20(22,23)18-24-10-15(11-25-18)14-8-16-6-7-17(9-14)26(16)19(27)28-12-13-4-2-1-3-5-13/h1-5,8,10-11,16-17H,6-7,9,12H2. The number of aromatic nitrogens is 2. The molecule has 5 nitrogen and oxygen atoms in total. The zero-order valence-electron chi connectivity index (χ0n) is 14.9. The normalized spacial score (nSPS) is 21.4. The lowest BCUT2D eigenvalue weighted by molar-refractivity contribution is -0.145. The summed E-state index contributed by atoms with van der Waals surface area (Å²) in [5.74, 6) is -1.15. The van der Waals surface area contributed by atoms with Crippen molar-refractivity contribution < 1.29 is 22.7 Å². The van der Waals surface area contributed by atoms with Crippen LogP contribution in [0, 0.1) is 0 Å². The fraction of sp³-hybridized carbons (Fsp3) is 0.350. The first-order valence-electron chi connectivity index (χ1n) is 9.01. The van der Waals surface area contributed by atoms with E-state index in [-0.39, 0.29) is 24.8 Å². The number of halogens is 3. The smallest absolute Gasteiger partial charge is 0.445 e. The van der Waals surface area contributed by atoms with Gasteiger partial charge in [-0.05, 0) is 30.4 Å². The first-order chi connectivity index (χ1) is 13.4. The molecule has 0 spiro atoms. The Kier molecular flexibility index (Phi) is 4.78. The average Bonchev–Trinajstić information content (AvgIpc) is 2.96. The van der Waals surface area contributed by atoms with Crippen molar-refractivity contribution in [3.63, 3.8) is 0 Å². The summed E-state index contributed by atoms with van der Waals surface area (Å²) in [5, 5.41) is 0. The molecule has 1 saturated heterocycles. The number of hydrogen-bond donors (Lipinski definition) is 0. The van der Waals surface area contributed by atoms with Crippen LogP contribution in [-0.4, -0.2) is 33.0 Å². The zero-order chi connectivity index (χ0) is 19.7. The molecule has 1 aromatic heterocycles. The van der Waals surface area contributed by atoms with Crippen molar-refractivity contribution in [2.24, 2.45) is 0 Å². The summed E-state index contributed by atoms with van der Waals surface area (Å²) in [5.41, 5.74) is 2.34. The van der Waals surface area contributed by atoms with E-state index in [1.54, 1.807) is 4.90 Å². The molecule has 0 aliphatic carbocycles. The second kappa shape index (κ2) is 7.26. The minimum Gasteiger partial charge on any atom is -0.445 e. The molecule has 2 aliphatic rings. The van der Waals surface area contributed by atoms with Gasteiger partial charge in [0, 0.05) is 24.0 Å². The van der Waals surface area contributed by atoms with Crippen LogP contribution in [0.3, 0.4) is 0 Å². The van der Waals surface area contributed by atoms with Crippen molar-refractivity contribution in [1.82, 2.24) is 14.9 Å². The monoisotopic (exact) mass is 389 g/mol. The Labute approximate surface area is 159 Å². The molecule has 2 aromatic rings. The second-order valence-electron chi connectivity index (χ2n) is 6.94. The van der Waals surface area contributed by atoms with Crippen LogP contribution in [0.4, 0.5) is 18.0 Å². The first kappa shape index (κ1) is 18.5. The Morgan fingerprint density at radius 1 is 1.14 bits per heavy atom. The van der Waals surface area contributed by atoms with Crippen LogP contribution >= 0.6 is 0 Å². The fourth-order valence-electron chi connectivity index (χ4n) is 3.76. The van der Waals surface area contributed by atoms with E-state index in [0.717, 1.165) is 24.0 Å². The number of carbonyl (C=O) groups excluding carboxylic acids is 1. The number of rotatable bonds is 3. The highest BCUT2D eigenvalue weighted by Crippen LogP contribution is 2.39. The van der Waals surface area contributed by atoms with E-state index < -0.39 is 12.0 Å². The number of carbonyl (C=O) groups is 1. The topological polar surface area (TPSA) is 55.3 Å².